The number of hydrogen-bond acceptors (Lipinski definition) is 1. The Hall–Kier alpha value is -1.47. The van der Waals surface area contributed by atoms with Crippen molar-refractivity contribution in [2.24, 2.45) is 0 Å². The summed E-state index contributed by atoms with van der Waals surface area (Å²) in [5, 5.41) is 2.63. The van der Waals surface area contributed by atoms with E-state index < -0.39 is 9.04 Å². The highest BCUT2D eigenvalue weighted by atomic mass is 127. The van der Waals surface area contributed by atoms with Crippen LogP contribution >= 0.6 is 0 Å². The van der Waals surface area contributed by atoms with E-state index in [0.29, 0.717) is 0 Å². The first kappa shape index (κ1) is 22.2. The molecular weight excluding hydrogens is 485 g/mol. The van der Waals surface area contributed by atoms with Gasteiger partial charge < -0.3 is 32.9 Å². The van der Waals surface area contributed by atoms with Crippen LogP contribution in [0.5, 0.6) is 0 Å². The summed E-state index contributed by atoms with van der Waals surface area (Å²) in [6, 6.07) is 30.4. The van der Waals surface area contributed by atoms with Crippen molar-refractivity contribution in [2.75, 3.05) is 20.1 Å². The zero-order chi connectivity index (χ0) is 19.4. The Kier molecular flexibility index (Phi) is 7.68. The molecule has 151 valence electrons. The lowest BCUT2D eigenvalue weighted by atomic mass is 9.98. The molecule has 0 fully saturated rings. The average molecular weight is 515 g/mol. The number of rotatable bonds is 6. The van der Waals surface area contributed by atoms with E-state index in [1.165, 1.54) is 28.0 Å². The fourth-order valence-electron chi connectivity index (χ4n) is 4.33. The second-order valence-electron chi connectivity index (χ2n) is 8.19. The molecule has 0 saturated heterocycles. The first-order valence-corrected chi connectivity index (χ1v) is 11.6. The van der Waals surface area contributed by atoms with E-state index in [9.17, 15) is 0 Å². The molecule has 2 atom stereocenters. The Bertz CT molecular complexity index is 865. The van der Waals surface area contributed by atoms with Crippen LogP contribution in [-0.4, -0.2) is 39.8 Å². The molecule has 29 heavy (non-hydrogen) atoms. The van der Waals surface area contributed by atoms with E-state index >= 15 is 0 Å². The Morgan fingerprint density at radius 2 is 1.34 bits per heavy atom. The van der Waals surface area contributed by atoms with Crippen molar-refractivity contribution in [1.29, 1.82) is 0 Å². The van der Waals surface area contributed by atoms with E-state index in [4.69, 9.17) is 4.43 Å². The Morgan fingerprint density at radius 1 is 0.828 bits per heavy atom. The molecule has 2 unspecified atom stereocenters. The van der Waals surface area contributed by atoms with Crippen LogP contribution in [0.3, 0.4) is 0 Å². The number of likely N-dealkylation sites (N-methyl/N-ethyl adjacent to an activating group) is 1. The van der Waals surface area contributed by atoms with Crippen LogP contribution < -0.4 is 34.4 Å². The van der Waals surface area contributed by atoms with Gasteiger partial charge in [-0.05, 0) is 22.9 Å². The van der Waals surface area contributed by atoms with Crippen LogP contribution in [0.4, 0.5) is 0 Å². The summed E-state index contributed by atoms with van der Waals surface area (Å²) in [7, 11) is 1.14. The molecule has 0 amide bonds. The minimum atomic E-state index is -1.25. The number of quaternary nitrogens is 1. The van der Waals surface area contributed by atoms with Gasteiger partial charge in [0.1, 0.15) is 13.1 Å². The Labute approximate surface area is 193 Å². The topological polar surface area (TPSA) is 9.23 Å². The molecule has 0 aromatic heterocycles. The van der Waals surface area contributed by atoms with Gasteiger partial charge in [0.05, 0.1) is 19.7 Å². The van der Waals surface area contributed by atoms with Crippen molar-refractivity contribution in [3.05, 3.63) is 96.1 Å². The molecule has 0 bridgehead atoms. The van der Waals surface area contributed by atoms with Crippen LogP contribution in [-0.2, 0) is 17.4 Å². The molecule has 0 N–H and O–H groups in total. The summed E-state index contributed by atoms with van der Waals surface area (Å²) < 4.78 is 7.82. The van der Waals surface area contributed by atoms with E-state index in [1.54, 1.807) is 0 Å². The summed E-state index contributed by atoms with van der Waals surface area (Å²) in [5.74, 6) is 0. The maximum atomic E-state index is 6.76. The highest BCUT2D eigenvalue weighted by Crippen LogP contribution is 2.24. The molecule has 1 aliphatic rings. The molecule has 1 aliphatic heterocycles. The third kappa shape index (κ3) is 5.57. The van der Waals surface area contributed by atoms with E-state index in [1.807, 2.05) is 0 Å². The molecule has 1 radical (unpaired) electrons. The summed E-state index contributed by atoms with van der Waals surface area (Å²) in [5.41, 5.74) is 3.02. The Morgan fingerprint density at radius 3 is 1.93 bits per heavy atom. The van der Waals surface area contributed by atoms with E-state index in [0.717, 1.165) is 24.0 Å². The molecule has 2 nitrogen and oxygen atoms in total. The van der Waals surface area contributed by atoms with Crippen LogP contribution in [0.25, 0.3) is 0 Å². The molecular formula is C25H29INOSi. The predicted octanol–water partition coefficient (Wildman–Crippen LogP) is 0.404. The average Bonchev–Trinajstić information content (AvgIpc) is 2.73. The molecule has 3 aromatic rings. The van der Waals surface area contributed by atoms with Crippen LogP contribution in [0.2, 0.25) is 0 Å². The molecule has 0 aliphatic carbocycles. The van der Waals surface area contributed by atoms with Crippen molar-refractivity contribution < 1.29 is 32.9 Å². The highest BCUT2D eigenvalue weighted by molar-refractivity contribution is 6.80. The van der Waals surface area contributed by atoms with Crippen LogP contribution in [0.1, 0.15) is 18.1 Å². The molecule has 4 heteroatoms. The standard InChI is InChI=1S/C25H29NOSi.HI/c1-21(19-26(2)18-17-22-11-9-10-12-23(22)20-26)27-28(24-13-5-3-6-14-24)25-15-7-4-8-16-25;/h3-16,21H,17-20H2,1-2H3;1H/q+1;/p-1. The summed E-state index contributed by atoms with van der Waals surface area (Å²) >= 11 is 0. The molecule has 0 saturated carbocycles. The highest BCUT2D eigenvalue weighted by Gasteiger charge is 2.32. The van der Waals surface area contributed by atoms with Gasteiger partial charge in [0.2, 0.25) is 0 Å². The van der Waals surface area contributed by atoms with Gasteiger partial charge in [-0.15, -0.1) is 0 Å². The maximum Gasteiger partial charge on any atom is 0.283 e. The van der Waals surface area contributed by atoms with Crippen molar-refractivity contribution in [3.8, 4) is 0 Å². The first-order chi connectivity index (χ1) is 13.6. The van der Waals surface area contributed by atoms with Crippen LogP contribution in [0.15, 0.2) is 84.9 Å². The van der Waals surface area contributed by atoms with Gasteiger partial charge in [-0.3, -0.25) is 0 Å². The number of benzene rings is 3. The van der Waals surface area contributed by atoms with Gasteiger partial charge in [0.25, 0.3) is 9.04 Å². The monoisotopic (exact) mass is 514 g/mol. The minimum absolute atomic E-state index is 0. The maximum absolute atomic E-state index is 6.76. The lowest BCUT2D eigenvalue weighted by Crippen LogP contribution is -3.00. The van der Waals surface area contributed by atoms with E-state index in [2.05, 4.69) is 98.9 Å². The fourth-order valence-corrected chi connectivity index (χ4v) is 6.41. The lowest BCUT2D eigenvalue weighted by Gasteiger charge is -2.40. The zero-order valence-corrected chi connectivity index (χ0v) is 20.4. The molecule has 1 heterocycles. The van der Waals surface area contributed by atoms with Crippen molar-refractivity contribution in [3.63, 3.8) is 0 Å². The fraction of sp³-hybridized carbons (Fsp3) is 0.280. The van der Waals surface area contributed by atoms with Gasteiger partial charge >= 0.3 is 0 Å². The third-order valence-corrected chi connectivity index (χ3v) is 8.03. The number of fused-ring (bicyclic) bond motifs is 1. The summed E-state index contributed by atoms with van der Waals surface area (Å²) in [4.78, 5) is 0. The van der Waals surface area contributed by atoms with Gasteiger partial charge in [0.15, 0.2) is 0 Å². The van der Waals surface area contributed by atoms with Crippen molar-refractivity contribution in [1.82, 2.24) is 0 Å². The lowest BCUT2D eigenvalue weighted by molar-refractivity contribution is -0.926. The smallest absolute Gasteiger partial charge is 0.283 e. The molecule has 0 spiro atoms. The number of halogens is 1. The largest absolute Gasteiger partial charge is 1.00 e. The van der Waals surface area contributed by atoms with Crippen molar-refractivity contribution >= 4 is 19.4 Å². The van der Waals surface area contributed by atoms with Crippen molar-refractivity contribution in [2.45, 2.75) is 26.0 Å². The SMILES string of the molecule is CC(C[N+]1(C)CCc2ccccc2C1)O[Si](c1ccccc1)c1ccccc1.[I-]. The second-order valence-corrected chi connectivity index (χ2v) is 10.2. The predicted molar refractivity (Wildman–Crippen MR) is 118 cm³/mol. The van der Waals surface area contributed by atoms with E-state index in [-0.39, 0.29) is 30.1 Å². The van der Waals surface area contributed by atoms with Crippen LogP contribution in [0, 0.1) is 0 Å². The molecule has 4 rings (SSSR count). The number of nitrogens with zero attached hydrogens (tertiary/aromatic N) is 1. The molecule has 3 aromatic carbocycles. The second kappa shape index (κ2) is 10.0. The third-order valence-electron chi connectivity index (χ3n) is 5.68. The van der Waals surface area contributed by atoms with Gasteiger partial charge in [-0.1, -0.05) is 84.9 Å². The zero-order valence-electron chi connectivity index (χ0n) is 17.2. The number of hydrogen-bond donors (Lipinski definition) is 0. The summed E-state index contributed by atoms with van der Waals surface area (Å²) in [6.07, 6.45) is 1.37. The quantitative estimate of drug-likeness (QED) is 0.263. The Balaban J connectivity index is 0.00000240. The summed E-state index contributed by atoms with van der Waals surface area (Å²) in [6.45, 7) is 5.58. The first-order valence-electron chi connectivity index (χ1n) is 10.2. The van der Waals surface area contributed by atoms with Gasteiger partial charge in [-0.2, -0.15) is 0 Å². The van der Waals surface area contributed by atoms with Gasteiger partial charge in [0, 0.05) is 12.0 Å². The van der Waals surface area contributed by atoms with Gasteiger partial charge in [-0.25, -0.2) is 0 Å². The normalized spacial score (nSPS) is 19.3. The minimum Gasteiger partial charge on any atom is -1.00 e.